The molecule has 0 heterocycles. The van der Waals surface area contributed by atoms with Crippen LogP contribution in [0.2, 0.25) is 0 Å². The van der Waals surface area contributed by atoms with Crippen LogP contribution in [0.1, 0.15) is 2.85 Å². The van der Waals surface area contributed by atoms with Gasteiger partial charge in [-0.1, -0.05) is 0 Å². The van der Waals surface area contributed by atoms with Crippen molar-refractivity contribution in [3.8, 4) is 0 Å². The van der Waals surface area contributed by atoms with E-state index in [9.17, 15) is 0 Å². The number of hydrogen-bond acceptors (Lipinski definition) is 0. The van der Waals surface area contributed by atoms with E-state index in [-0.39, 0.29) is 83.6 Å². The average Bonchev–Trinajstić information content (AvgIpc) is 0. The van der Waals surface area contributed by atoms with Gasteiger partial charge in [0.25, 0.3) is 0 Å². The van der Waals surface area contributed by atoms with E-state index in [4.69, 9.17) is 0 Å². The van der Waals surface area contributed by atoms with Gasteiger partial charge in [0.2, 0.25) is 0 Å². The fourth-order valence-electron chi connectivity index (χ4n) is 0. The van der Waals surface area contributed by atoms with Crippen molar-refractivity contribution in [3.63, 3.8) is 0 Å². The average molecular weight is 240 g/mol. The van der Waals surface area contributed by atoms with Gasteiger partial charge in [-0.2, -0.15) is 0 Å². The molecule has 0 aliphatic carbocycles. The van der Waals surface area contributed by atoms with E-state index in [1.165, 1.54) is 0 Å². The van der Waals surface area contributed by atoms with Crippen molar-refractivity contribution in [2.45, 2.75) is 0 Å². The Morgan fingerprint density at radius 1 is 1.00 bits per heavy atom. The summed E-state index contributed by atoms with van der Waals surface area (Å²) in [4.78, 5) is 0. The molecular formula is H6CdMgO2Zn. The van der Waals surface area contributed by atoms with E-state index >= 15 is 0 Å². The van der Waals surface area contributed by atoms with Crippen LogP contribution in [0.15, 0.2) is 0 Å². The number of rotatable bonds is 0. The summed E-state index contributed by atoms with van der Waals surface area (Å²) in [6.45, 7) is 0. The molecule has 5 heteroatoms. The Morgan fingerprint density at radius 3 is 1.00 bits per heavy atom. The smallest absolute Gasteiger partial charge is 1.00 e. The summed E-state index contributed by atoms with van der Waals surface area (Å²) in [5.74, 6) is 0. The van der Waals surface area contributed by atoms with Crippen molar-refractivity contribution in [2.24, 2.45) is 0 Å². The van der Waals surface area contributed by atoms with Crippen molar-refractivity contribution in [2.75, 3.05) is 0 Å². The van der Waals surface area contributed by atoms with Gasteiger partial charge in [0.1, 0.15) is 0 Å². The zero-order valence-corrected chi connectivity index (χ0v) is 11.5. The summed E-state index contributed by atoms with van der Waals surface area (Å²) in [5.41, 5.74) is 0. The van der Waals surface area contributed by atoms with E-state index in [0.29, 0.717) is 0 Å². The molecule has 0 aromatic rings. The van der Waals surface area contributed by atoms with Crippen LogP contribution in [0.5, 0.6) is 0 Å². The van der Waals surface area contributed by atoms with Gasteiger partial charge in [-0.05, 0) is 0 Å². The quantitative estimate of drug-likeness (QED) is 0.448. The van der Waals surface area contributed by atoms with Crippen LogP contribution in [0.3, 0.4) is 0 Å². The molecule has 0 unspecified atom stereocenters. The first-order valence-corrected chi connectivity index (χ1v) is 0. The number of hydrogen-bond donors (Lipinski definition) is 0. The first-order chi connectivity index (χ1) is 0. The second-order valence-corrected chi connectivity index (χ2v) is 0. The van der Waals surface area contributed by atoms with Gasteiger partial charge in [-0.3, -0.25) is 0 Å². The summed E-state index contributed by atoms with van der Waals surface area (Å²) in [5, 5.41) is 0. The molecule has 0 saturated carbocycles. The molecule has 0 aromatic heterocycles. The van der Waals surface area contributed by atoms with E-state index in [0.717, 1.165) is 0 Å². The molecular weight excluding hydrogens is 234 g/mol. The molecule has 5 heavy (non-hydrogen) atoms. The van der Waals surface area contributed by atoms with Crippen LogP contribution >= 0.6 is 0 Å². The molecule has 0 amide bonds. The Kier molecular flexibility index (Phi) is 386. The van der Waals surface area contributed by atoms with Gasteiger partial charge in [0.15, 0.2) is 0 Å². The molecule has 0 saturated heterocycles. The predicted molar refractivity (Wildman–Crippen MR) is 15.2 cm³/mol. The molecule has 2 nitrogen and oxygen atoms in total. The standard InChI is InChI=1S/Cd.Mg.2H2O.Zn.2H/h;;2*1H2;;;/q;+2;;;;2*-1. The Balaban J connectivity index is 0. The van der Waals surface area contributed by atoms with Crippen LogP contribution in [-0.2, 0) is 46.8 Å². The van der Waals surface area contributed by atoms with Crippen molar-refractivity contribution >= 4 is 23.1 Å². The first-order valence-electron chi connectivity index (χ1n) is 0. The van der Waals surface area contributed by atoms with Crippen LogP contribution in [0, 0.1) is 0 Å². The van der Waals surface area contributed by atoms with Gasteiger partial charge < -0.3 is 13.8 Å². The fraction of sp³-hybridized carbons (Fsp3) is 0. The molecule has 0 spiro atoms. The maximum Gasteiger partial charge on any atom is 2.00 e. The maximum absolute atomic E-state index is 0. The Labute approximate surface area is 82.7 Å². The van der Waals surface area contributed by atoms with Crippen molar-refractivity contribution in [1.82, 2.24) is 0 Å². The maximum atomic E-state index is 0. The van der Waals surface area contributed by atoms with Crippen LogP contribution in [0.25, 0.3) is 0 Å². The van der Waals surface area contributed by atoms with Crippen LogP contribution in [0.4, 0.5) is 0 Å². The minimum Gasteiger partial charge on any atom is -1.00 e. The normalized spacial score (nSPS) is 0. The summed E-state index contributed by atoms with van der Waals surface area (Å²) in [6, 6.07) is 0. The molecule has 0 bridgehead atoms. The van der Waals surface area contributed by atoms with Gasteiger partial charge in [-0.15, -0.1) is 0 Å². The molecule has 24 valence electrons. The van der Waals surface area contributed by atoms with Crippen LogP contribution < -0.4 is 0 Å². The van der Waals surface area contributed by atoms with Gasteiger partial charge >= 0.3 is 23.1 Å². The van der Waals surface area contributed by atoms with E-state index in [1.54, 1.807) is 0 Å². The zero-order valence-electron chi connectivity index (χ0n) is 5.12. The predicted octanol–water partition coefficient (Wildman–Crippen LogP) is -1.81. The summed E-state index contributed by atoms with van der Waals surface area (Å²) >= 11 is 0. The molecule has 0 rings (SSSR count). The topological polar surface area (TPSA) is 63.0 Å². The van der Waals surface area contributed by atoms with E-state index in [2.05, 4.69) is 0 Å². The molecule has 4 N–H and O–H groups in total. The Morgan fingerprint density at radius 2 is 1.00 bits per heavy atom. The second kappa shape index (κ2) is 34.2. The molecule has 0 radical (unpaired) electrons. The zero-order chi connectivity index (χ0) is 0. The third-order valence-corrected chi connectivity index (χ3v) is 0. The summed E-state index contributed by atoms with van der Waals surface area (Å²) in [7, 11) is 0. The second-order valence-electron chi connectivity index (χ2n) is 0. The largest absolute Gasteiger partial charge is 2.00 e. The Bertz CT molecular complexity index is 15.7. The minimum absolute atomic E-state index is 0. The minimum atomic E-state index is 0. The Hall–Kier alpha value is 2.23. The molecule has 0 aliphatic heterocycles. The summed E-state index contributed by atoms with van der Waals surface area (Å²) < 4.78 is 0. The van der Waals surface area contributed by atoms with Gasteiger partial charge in [0.05, 0.1) is 0 Å². The van der Waals surface area contributed by atoms with E-state index < -0.39 is 0 Å². The monoisotopic (exact) mass is 240 g/mol. The van der Waals surface area contributed by atoms with Crippen LogP contribution in [-0.4, -0.2) is 34.0 Å². The third kappa shape index (κ3) is 22.4. The SMILES string of the molecule is O.O.[Cd].[H-].[H-].[Mg+2].[Zn]. The molecule has 0 atom stereocenters. The molecule has 0 fully saturated rings. The van der Waals surface area contributed by atoms with Gasteiger partial charge in [-0.25, -0.2) is 0 Å². The third-order valence-electron chi connectivity index (χ3n) is 0. The first kappa shape index (κ1) is 56.4. The molecule has 0 aliphatic rings. The molecule has 0 aromatic carbocycles. The van der Waals surface area contributed by atoms with Crippen molar-refractivity contribution < 1.29 is 60.6 Å². The van der Waals surface area contributed by atoms with Gasteiger partial charge in [0, 0.05) is 46.8 Å². The van der Waals surface area contributed by atoms with E-state index in [1.807, 2.05) is 0 Å². The van der Waals surface area contributed by atoms with Crippen molar-refractivity contribution in [3.05, 3.63) is 0 Å². The summed E-state index contributed by atoms with van der Waals surface area (Å²) in [6.07, 6.45) is 0. The fourth-order valence-corrected chi connectivity index (χ4v) is 0. The van der Waals surface area contributed by atoms with Crippen molar-refractivity contribution in [1.29, 1.82) is 0 Å².